The number of likely N-dealkylation sites (tertiary alicyclic amines) is 1. The van der Waals surface area contributed by atoms with Crippen LogP contribution in [0.15, 0.2) is 41.8 Å². The summed E-state index contributed by atoms with van der Waals surface area (Å²) in [5, 5.41) is 1.86. The Labute approximate surface area is 173 Å². The van der Waals surface area contributed by atoms with E-state index in [0.29, 0.717) is 29.3 Å². The largest absolute Gasteiger partial charge is 0.476 e. The average molecular weight is 413 g/mol. The molecule has 0 spiro atoms. The second-order valence-corrected chi connectivity index (χ2v) is 8.34. The van der Waals surface area contributed by atoms with Gasteiger partial charge in [-0.3, -0.25) is 14.4 Å². The van der Waals surface area contributed by atoms with Crippen molar-refractivity contribution in [3.05, 3.63) is 46.7 Å². The maximum atomic E-state index is 13.5. The van der Waals surface area contributed by atoms with Crippen LogP contribution in [0.5, 0.6) is 5.75 Å². The topological polar surface area (TPSA) is 70.2 Å². The normalized spacial score (nSPS) is 20.8. The smallest absolute Gasteiger partial charge is 0.265 e. The van der Waals surface area contributed by atoms with E-state index in [4.69, 9.17) is 4.74 Å². The van der Waals surface area contributed by atoms with E-state index in [1.807, 2.05) is 29.6 Å². The second-order valence-electron chi connectivity index (χ2n) is 7.39. The summed E-state index contributed by atoms with van der Waals surface area (Å²) in [5.74, 6) is 0.0229. The quantitative estimate of drug-likeness (QED) is 0.774. The summed E-state index contributed by atoms with van der Waals surface area (Å²) in [7, 11) is 3.33. The molecule has 1 saturated heterocycles. The van der Waals surface area contributed by atoms with Crippen LogP contribution < -0.4 is 9.64 Å². The van der Waals surface area contributed by atoms with Gasteiger partial charge in [-0.25, -0.2) is 0 Å². The number of carbonyl (C=O) groups is 3. The Morgan fingerprint density at radius 1 is 1.14 bits per heavy atom. The molecule has 3 amide bonds. The molecule has 0 radical (unpaired) electrons. The molecule has 7 nitrogen and oxygen atoms in total. The number of thiophene rings is 1. The molecular weight excluding hydrogens is 390 g/mol. The number of benzene rings is 1. The molecular formula is C21H23N3O4S. The van der Waals surface area contributed by atoms with Crippen molar-refractivity contribution in [1.82, 2.24) is 9.80 Å². The van der Waals surface area contributed by atoms with Gasteiger partial charge in [0.2, 0.25) is 5.91 Å². The zero-order chi connectivity index (χ0) is 20.5. The highest BCUT2D eigenvalue weighted by Crippen LogP contribution is 2.35. The number of nitrogens with zero attached hydrogens (tertiary/aromatic N) is 3. The van der Waals surface area contributed by atoms with E-state index in [9.17, 15) is 14.4 Å². The fourth-order valence-corrected chi connectivity index (χ4v) is 4.53. The summed E-state index contributed by atoms with van der Waals surface area (Å²) in [5.41, 5.74) is 0.635. The van der Waals surface area contributed by atoms with Gasteiger partial charge in [-0.1, -0.05) is 18.2 Å². The molecule has 0 bridgehead atoms. The first-order valence-electron chi connectivity index (χ1n) is 9.60. The number of rotatable bonds is 3. The van der Waals surface area contributed by atoms with Crippen LogP contribution in [-0.4, -0.2) is 66.9 Å². The number of amides is 3. The summed E-state index contributed by atoms with van der Waals surface area (Å²) in [6, 6.07) is 10.3. The van der Waals surface area contributed by atoms with Crippen LogP contribution in [0.3, 0.4) is 0 Å². The van der Waals surface area contributed by atoms with E-state index < -0.39 is 12.1 Å². The van der Waals surface area contributed by atoms with Crippen LogP contribution in [0.1, 0.15) is 22.5 Å². The van der Waals surface area contributed by atoms with Gasteiger partial charge < -0.3 is 19.4 Å². The van der Waals surface area contributed by atoms with Gasteiger partial charge in [0.15, 0.2) is 6.10 Å². The number of ether oxygens (including phenoxy) is 1. The molecule has 1 aromatic heterocycles. The molecule has 2 aromatic rings. The minimum Gasteiger partial charge on any atom is -0.476 e. The number of hydrogen-bond acceptors (Lipinski definition) is 5. The van der Waals surface area contributed by atoms with E-state index in [0.717, 1.165) is 6.42 Å². The lowest BCUT2D eigenvalue weighted by Crippen LogP contribution is -2.55. The maximum absolute atomic E-state index is 13.5. The highest BCUT2D eigenvalue weighted by molar-refractivity contribution is 7.12. The Kier molecular flexibility index (Phi) is 5.27. The number of likely N-dealkylation sites (N-methyl/N-ethyl adjacent to an activating group) is 1. The van der Waals surface area contributed by atoms with Gasteiger partial charge in [0.1, 0.15) is 11.8 Å². The third kappa shape index (κ3) is 3.60. The predicted molar refractivity (Wildman–Crippen MR) is 110 cm³/mol. The van der Waals surface area contributed by atoms with Crippen molar-refractivity contribution in [3.63, 3.8) is 0 Å². The van der Waals surface area contributed by atoms with E-state index in [1.54, 1.807) is 36.0 Å². The highest BCUT2D eigenvalue weighted by Gasteiger charge is 2.41. The zero-order valence-corrected chi connectivity index (χ0v) is 17.2. The summed E-state index contributed by atoms with van der Waals surface area (Å²) in [6.45, 7) is 0.684. The highest BCUT2D eigenvalue weighted by atomic mass is 32.1. The van der Waals surface area contributed by atoms with Gasteiger partial charge >= 0.3 is 0 Å². The zero-order valence-electron chi connectivity index (χ0n) is 16.4. The summed E-state index contributed by atoms with van der Waals surface area (Å²) < 4.78 is 5.87. The molecule has 0 N–H and O–H groups in total. The Morgan fingerprint density at radius 2 is 1.93 bits per heavy atom. The molecule has 1 aromatic carbocycles. The summed E-state index contributed by atoms with van der Waals surface area (Å²) in [4.78, 5) is 44.3. The average Bonchev–Trinajstić information content (AvgIpc) is 3.43. The SMILES string of the molecule is CN(C)C(=O)C1CN(C(=O)C2CCCN2C(=O)c2cccs2)c2ccccc2O1. The van der Waals surface area contributed by atoms with Crippen molar-refractivity contribution < 1.29 is 19.1 Å². The molecule has 0 aliphatic carbocycles. The van der Waals surface area contributed by atoms with Gasteiger partial charge in [0.05, 0.1) is 17.1 Å². The van der Waals surface area contributed by atoms with Gasteiger partial charge in [-0.2, -0.15) is 0 Å². The first-order valence-corrected chi connectivity index (χ1v) is 10.5. The summed E-state index contributed by atoms with van der Waals surface area (Å²) >= 11 is 1.38. The third-order valence-electron chi connectivity index (χ3n) is 5.29. The van der Waals surface area contributed by atoms with Gasteiger partial charge in [0, 0.05) is 20.6 Å². The molecule has 2 aliphatic rings. The van der Waals surface area contributed by atoms with Crippen LogP contribution in [0.2, 0.25) is 0 Å². The summed E-state index contributed by atoms with van der Waals surface area (Å²) in [6.07, 6.45) is 0.619. The molecule has 0 saturated carbocycles. The molecule has 2 atom stereocenters. The van der Waals surface area contributed by atoms with Crippen LogP contribution in [0.25, 0.3) is 0 Å². The van der Waals surface area contributed by atoms with Crippen LogP contribution >= 0.6 is 11.3 Å². The first-order chi connectivity index (χ1) is 14.0. The minimum atomic E-state index is -0.772. The van der Waals surface area contributed by atoms with Crippen molar-refractivity contribution in [1.29, 1.82) is 0 Å². The lowest BCUT2D eigenvalue weighted by molar-refractivity contribution is -0.136. The number of para-hydroxylation sites is 2. The van der Waals surface area contributed by atoms with E-state index in [2.05, 4.69) is 0 Å². The van der Waals surface area contributed by atoms with E-state index in [-0.39, 0.29) is 24.3 Å². The molecule has 4 rings (SSSR count). The Morgan fingerprint density at radius 3 is 2.66 bits per heavy atom. The van der Waals surface area contributed by atoms with Gasteiger partial charge in [-0.05, 0) is 36.4 Å². The number of carbonyl (C=O) groups excluding carboxylic acids is 3. The van der Waals surface area contributed by atoms with Crippen molar-refractivity contribution in [2.24, 2.45) is 0 Å². The maximum Gasteiger partial charge on any atom is 0.265 e. The standard InChI is InChI=1S/C21H23N3O4S/c1-22(2)20(26)17-13-24(14-7-3-4-9-16(14)28-17)19(25)15-8-5-11-23(15)21(27)18-10-6-12-29-18/h3-4,6-7,9-10,12,15,17H,5,8,11,13H2,1-2H3. The lowest BCUT2D eigenvalue weighted by Gasteiger charge is -2.37. The Bertz CT molecular complexity index is 928. The molecule has 2 unspecified atom stereocenters. The number of hydrogen-bond donors (Lipinski definition) is 0. The first kappa shape index (κ1) is 19.4. The second kappa shape index (κ2) is 7.87. The number of fused-ring (bicyclic) bond motifs is 1. The van der Waals surface area contributed by atoms with Crippen LogP contribution in [0, 0.1) is 0 Å². The Hall–Kier alpha value is -2.87. The molecule has 3 heterocycles. The molecule has 2 aliphatic heterocycles. The fourth-order valence-electron chi connectivity index (χ4n) is 3.85. The van der Waals surface area contributed by atoms with Crippen molar-refractivity contribution in [2.45, 2.75) is 25.0 Å². The van der Waals surface area contributed by atoms with Crippen molar-refractivity contribution in [3.8, 4) is 5.75 Å². The monoisotopic (exact) mass is 413 g/mol. The lowest BCUT2D eigenvalue weighted by atomic mass is 10.1. The Balaban J connectivity index is 1.62. The molecule has 152 valence electrons. The minimum absolute atomic E-state index is 0.113. The molecule has 1 fully saturated rings. The van der Waals surface area contributed by atoms with Crippen molar-refractivity contribution in [2.75, 3.05) is 32.1 Å². The van der Waals surface area contributed by atoms with Crippen LogP contribution in [-0.2, 0) is 9.59 Å². The third-order valence-corrected chi connectivity index (χ3v) is 6.14. The fraction of sp³-hybridized carbons (Fsp3) is 0.381. The molecule has 29 heavy (non-hydrogen) atoms. The molecule has 8 heteroatoms. The van der Waals surface area contributed by atoms with Crippen LogP contribution in [0.4, 0.5) is 5.69 Å². The van der Waals surface area contributed by atoms with E-state index >= 15 is 0 Å². The van der Waals surface area contributed by atoms with E-state index in [1.165, 1.54) is 16.2 Å². The predicted octanol–water partition coefficient (Wildman–Crippen LogP) is 2.24. The van der Waals surface area contributed by atoms with Gasteiger partial charge in [0.25, 0.3) is 11.8 Å². The van der Waals surface area contributed by atoms with Crippen molar-refractivity contribution >= 4 is 34.7 Å². The number of anilines is 1. The van der Waals surface area contributed by atoms with Gasteiger partial charge in [-0.15, -0.1) is 11.3 Å².